The summed E-state index contributed by atoms with van der Waals surface area (Å²) in [5.74, 6) is 1.36. The average Bonchev–Trinajstić information content (AvgIpc) is 2.53. The molecule has 2 aromatic carbocycles. The van der Waals surface area contributed by atoms with Crippen LogP contribution in [-0.2, 0) is 12.8 Å². The van der Waals surface area contributed by atoms with Crippen molar-refractivity contribution >= 4 is 12.4 Å². The Kier molecular flexibility index (Phi) is 6.92. The van der Waals surface area contributed by atoms with E-state index in [0.717, 1.165) is 24.0 Å². The molecular formula is C22H28N2. The molecule has 24 heavy (non-hydrogen) atoms. The molecular weight excluding hydrogens is 292 g/mol. The van der Waals surface area contributed by atoms with Crippen LogP contribution in [-0.4, -0.2) is 12.4 Å². The van der Waals surface area contributed by atoms with Crippen LogP contribution in [0.15, 0.2) is 58.7 Å². The summed E-state index contributed by atoms with van der Waals surface area (Å²) in [6.07, 6.45) is 5.82. The second-order valence-corrected chi connectivity index (χ2v) is 7.17. The van der Waals surface area contributed by atoms with Crippen LogP contribution in [0.5, 0.6) is 0 Å². The lowest BCUT2D eigenvalue weighted by molar-refractivity contribution is 0.647. The monoisotopic (exact) mass is 320 g/mol. The zero-order valence-electron chi connectivity index (χ0n) is 15.2. The second kappa shape index (κ2) is 9.17. The van der Waals surface area contributed by atoms with Gasteiger partial charge in [-0.25, -0.2) is 0 Å². The first-order valence-electron chi connectivity index (χ1n) is 8.77. The van der Waals surface area contributed by atoms with E-state index in [2.05, 4.69) is 86.4 Å². The molecule has 0 bridgehead atoms. The highest BCUT2D eigenvalue weighted by atomic mass is 15.2. The van der Waals surface area contributed by atoms with Gasteiger partial charge in [-0.15, -0.1) is 0 Å². The highest BCUT2D eigenvalue weighted by Crippen LogP contribution is 2.10. The zero-order chi connectivity index (χ0) is 17.4. The summed E-state index contributed by atoms with van der Waals surface area (Å²) in [6.45, 7) is 8.94. The fourth-order valence-corrected chi connectivity index (χ4v) is 2.62. The van der Waals surface area contributed by atoms with Gasteiger partial charge in [-0.1, -0.05) is 76.2 Å². The third-order valence-corrected chi connectivity index (χ3v) is 3.73. The van der Waals surface area contributed by atoms with Crippen molar-refractivity contribution in [3.05, 3.63) is 70.8 Å². The first-order valence-corrected chi connectivity index (χ1v) is 8.77. The first-order chi connectivity index (χ1) is 11.5. The summed E-state index contributed by atoms with van der Waals surface area (Å²) in [7, 11) is 0. The summed E-state index contributed by atoms with van der Waals surface area (Å²) >= 11 is 0. The number of hydrogen-bond donors (Lipinski definition) is 0. The third kappa shape index (κ3) is 6.49. The standard InChI is InChI=1S/C22H28N2/c1-17(2)13-19-5-9-21(10-6-19)15-23-24-16-22-11-7-20(8-12-22)14-18(3)4/h5-12,15-18H,13-14H2,1-4H3/b23-15+,24-16+. The van der Waals surface area contributed by atoms with Crippen LogP contribution < -0.4 is 0 Å². The first kappa shape index (κ1) is 18.1. The molecule has 0 fully saturated rings. The molecule has 0 atom stereocenters. The van der Waals surface area contributed by atoms with Crippen LogP contribution in [0.3, 0.4) is 0 Å². The Hall–Kier alpha value is -2.22. The Morgan fingerprint density at radius 1 is 0.625 bits per heavy atom. The Morgan fingerprint density at radius 2 is 0.958 bits per heavy atom. The molecule has 0 aliphatic heterocycles. The van der Waals surface area contributed by atoms with Crippen molar-refractivity contribution < 1.29 is 0 Å². The van der Waals surface area contributed by atoms with E-state index in [9.17, 15) is 0 Å². The molecule has 0 saturated carbocycles. The summed E-state index contributed by atoms with van der Waals surface area (Å²) in [5.41, 5.74) is 4.89. The lowest BCUT2D eigenvalue weighted by Gasteiger charge is -2.04. The van der Waals surface area contributed by atoms with Gasteiger partial charge >= 0.3 is 0 Å². The summed E-state index contributed by atoms with van der Waals surface area (Å²) in [4.78, 5) is 0. The molecule has 2 nitrogen and oxygen atoms in total. The summed E-state index contributed by atoms with van der Waals surface area (Å²) in [5, 5.41) is 8.29. The number of nitrogens with zero attached hydrogens (tertiary/aromatic N) is 2. The van der Waals surface area contributed by atoms with Gasteiger partial charge < -0.3 is 0 Å². The predicted octanol–water partition coefficient (Wildman–Crippen LogP) is 5.54. The fourth-order valence-electron chi connectivity index (χ4n) is 2.62. The molecule has 0 amide bonds. The van der Waals surface area contributed by atoms with Gasteiger partial charge in [0.15, 0.2) is 0 Å². The fraction of sp³-hybridized carbons (Fsp3) is 0.364. The maximum atomic E-state index is 4.14. The van der Waals surface area contributed by atoms with Crippen LogP contribution in [0, 0.1) is 11.8 Å². The molecule has 126 valence electrons. The maximum absolute atomic E-state index is 4.14. The zero-order valence-corrected chi connectivity index (χ0v) is 15.2. The molecule has 0 aliphatic carbocycles. The normalized spacial score (nSPS) is 12.1. The minimum absolute atomic E-state index is 0.682. The van der Waals surface area contributed by atoms with E-state index < -0.39 is 0 Å². The van der Waals surface area contributed by atoms with Crippen molar-refractivity contribution in [3.63, 3.8) is 0 Å². The summed E-state index contributed by atoms with van der Waals surface area (Å²) < 4.78 is 0. The largest absolute Gasteiger partial charge is 0.159 e. The van der Waals surface area contributed by atoms with E-state index in [0.29, 0.717) is 11.8 Å². The van der Waals surface area contributed by atoms with E-state index in [1.165, 1.54) is 11.1 Å². The van der Waals surface area contributed by atoms with Crippen molar-refractivity contribution in [1.82, 2.24) is 0 Å². The molecule has 0 unspecified atom stereocenters. The van der Waals surface area contributed by atoms with Crippen molar-refractivity contribution in [2.75, 3.05) is 0 Å². The second-order valence-electron chi connectivity index (χ2n) is 7.17. The van der Waals surface area contributed by atoms with Gasteiger partial charge in [-0.05, 0) is 46.9 Å². The predicted molar refractivity (Wildman–Crippen MR) is 105 cm³/mol. The molecule has 2 aromatic rings. The van der Waals surface area contributed by atoms with E-state index in [1.54, 1.807) is 12.4 Å². The van der Waals surface area contributed by atoms with Gasteiger partial charge in [0.2, 0.25) is 0 Å². The maximum Gasteiger partial charge on any atom is 0.0568 e. The molecule has 0 radical (unpaired) electrons. The van der Waals surface area contributed by atoms with E-state index in [1.807, 2.05) is 0 Å². The minimum Gasteiger partial charge on any atom is -0.159 e. The lowest BCUT2D eigenvalue weighted by atomic mass is 10.0. The molecule has 0 saturated heterocycles. The van der Waals surface area contributed by atoms with Crippen LogP contribution in [0.1, 0.15) is 49.9 Å². The lowest BCUT2D eigenvalue weighted by Crippen LogP contribution is -1.94. The van der Waals surface area contributed by atoms with Gasteiger partial charge in [0.1, 0.15) is 0 Å². The number of rotatable bonds is 7. The Bertz CT molecular complexity index is 601. The van der Waals surface area contributed by atoms with Gasteiger partial charge in [-0.3, -0.25) is 0 Å². The topological polar surface area (TPSA) is 24.7 Å². The van der Waals surface area contributed by atoms with Crippen LogP contribution in [0.2, 0.25) is 0 Å². The van der Waals surface area contributed by atoms with Crippen molar-refractivity contribution in [3.8, 4) is 0 Å². The van der Waals surface area contributed by atoms with Gasteiger partial charge in [0.25, 0.3) is 0 Å². The van der Waals surface area contributed by atoms with Gasteiger partial charge in [0, 0.05) is 0 Å². The number of benzene rings is 2. The third-order valence-electron chi connectivity index (χ3n) is 3.73. The van der Waals surface area contributed by atoms with Crippen molar-refractivity contribution in [2.24, 2.45) is 22.0 Å². The van der Waals surface area contributed by atoms with Crippen LogP contribution >= 0.6 is 0 Å². The Balaban J connectivity index is 1.89. The average molecular weight is 320 g/mol. The molecule has 0 aliphatic rings. The molecule has 0 spiro atoms. The highest BCUT2D eigenvalue weighted by Gasteiger charge is 1.98. The van der Waals surface area contributed by atoms with E-state index >= 15 is 0 Å². The molecule has 0 aromatic heterocycles. The Morgan fingerprint density at radius 3 is 1.25 bits per heavy atom. The van der Waals surface area contributed by atoms with Gasteiger partial charge in [-0.2, -0.15) is 10.2 Å². The number of hydrogen-bond acceptors (Lipinski definition) is 2. The van der Waals surface area contributed by atoms with Crippen molar-refractivity contribution in [1.29, 1.82) is 0 Å². The summed E-state index contributed by atoms with van der Waals surface area (Å²) in [6, 6.07) is 17.0. The molecule has 0 N–H and O–H groups in total. The highest BCUT2D eigenvalue weighted by molar-refractivity contribution is 5.82. The van der Waals surface area contributed by atoms with Crippen molar-refractivity contribution in [2.45, 2.75) is 40.5 Å². The van der Waals surface area contributed by atoms with E-state index in [-0.39, 0.29) is 0 Å². The Labute approximate surface area is 146 Å². The smallest absolute Gasteiger partial charge is 0.0568 e. The van der Waals surface area contributed by atoms with Crippen LogP contribution in [0.25, 0.3) is 0 Å². The minimum atomic E-state index is 0.682. The molecule has 0 heterocycles. The van der Waals surface area contributed by atoms with E-state index in [4.69, 9.17) is 0 Å². The SMILES string of the molecule is CC(C)Cc1ccc(/C=N/N=C/c2ccc(CC(C)C)cc2)cc1. The van der Waals surface area contributed by atoms with Crippen LogP contribution in [0.4, 0.5) is 0 Å². The quantitative estimate of drug-likeness (QED) is 0.473. The molecule has 2 heteroatoms. The van der Waals surface area contributed by atoms with Gasteiger partial charge in [0.05, 0.1) is 12.4 Å². The molecule has 2 rings (SSSR count).